The molecule has 4 aromatic rings. The maximum Gasteiger partial charge on any atom is 0.0707 e. The molecule has 0 saturated carbocycles. The minimum Gasteiger partial charge on any atom is -0.376 e. The molecule has 0 radical (unpaired) electrons. The van der Waals surface area contributed by atoms with Crippen molar-refractivity contribution in [1.29, 1.82) is 0 Å². The number of hydrogen-bond donors (Lipinski definition) is 4. The standard InChI is InChI=1S/C48H40N4/c1-3-8-31(9-4-1)39-12-7-13-45-40(39)25-29-44(49-45)38-21-18-35-22-26-41(50-46(35)30-38)33-14-16-34(17-15-33)43-28-24-37-20-19-36-23-27-42(32-10-5-2-6-11-32)51-47(36)48(37)52-43/h1-10,12-30,32,41-43,45,49-52H,11H2. The average Bonchev–Trinajstić information content (AvgIpc) is 3.23. The van der Waals surface area contributed by atoms with Crippen molar-refractivity contribution in [2.24, 2.45) is 5.92 Å². The first-order chi connectivity index (χ1) is 25.7. The van der Waals surface area contributed by atoms with Crippen LogP contribution >= 0.6 is 0 Å². The van der Waals surface area contributed by atoms with Crippen LogP contribution in [-0.2, 0) is 0 Å². The SMILES string of the molecule is C1=CCC(C2C=Cc3ccc4c(c3N2)NC(c2ccc(C3C=Cc5ccc(C6=CC=C7C(c8ccccc8)=CC=CC7N6)cc5N3)cc2)C=C4)C=C1. The summed E-state index contributed by atoms with van der Waals surface area (Å²) in [5.74, 6) is 0.459. The molecule has 4 nitrogen and oxygen atoms in total. The fraction of sp³-hybridized carbons (Fsp3) is 0.125. The Labute approximate surface area is 305 Å². The Hall–Kier alpha value is -6.26. The van der Waals surface area contributed by atoms with Crippen LogP contribution in [0, 0.1) is 5.92 Å². The Balaban J connectivity index is 0.847. The van der Waals surface area contributed by atoms with Gasteiger partial charge in [0.1, 0.15) is 0 Å². The van der Waals surface area contributed by atoms with Crippen LogP contribution in [0.15, 0.2) is 163 Å². The molecular weight excluding hydrogens is 633 g/mol. The lowest BCUT2D eigenvalue weighted by atomic mass is 9.86. The van der Waals surface area contributed by atoms with E-state index in [1.54, 1.807) is 0 Å². The van der Waals surface area contributed by atoms with Gasteiger partial charge in [-0.3, -0.25) is 0 Å². The van der Waals surface area contributed by atoms with E-state index in [0.717, 1.165) is 17.8 Å². The van der Waals surface area contributed by atoms with Gasteiger partial charge in [0.05, 0.1) is 35.5 Å². The van der Waals surface area contributed by atoms with Crippen molar-refractivity contribution in [3.8, 4) is 0 Å². The Morgan fingerprint density at radius 2 is 1.23 bits per heavy atom. The summed E-state index contributed by atoms with van der Waals surface area (Å²) in [6.45, 7) is 0. The minimum absolute atomic E-state index is 0.0932. The smallest absolute Gasteiger partial charge is 0.0707 e. The van der Waals surface area contributed by atoms with Crippen LogP contribution in [0.25, 0.3) is 29.5 Å². The van der Waals surface area contributed by atoms with E-state index in [4.69, 9.17) is 0 Å². The fourth-order valence-electron chi connectivity index (χ4n) is 8.27. The Morgan fingerprint density at radius 3 is 2.02 bits per heavy atom. The van der Waals surface area contributed by atoms with Crippen molar-refractivity contribution in [1.82, 2.24) is 5.32 Å². The predicted molar refractivity (Wildman–Crippen MR) is 219 cm³/mol. The summed E-state index contributed by atoms with van der Waals surface area (Å²) in [4.78, 5) is 0. The predicted octanol–water partition coefficient (Wildman–Crippen LogP) is 10.9. The third kappa shape index (κ3) is 5.57. The summed E-state index contributed by atoms with van der Waals surface area (Å²) in [6.07, 6.45) is 34.7. The number of rotatable bonds is 5. The molecule has 5 unspecified atom stereocenters. The number of anilines is 3. The number of hydrogen-bond acceptors (Lipinski definition) is 4. The lowest BCUT2D eigenvalue weighted by Crippen LogP contribution is -2.31. The molecule has 0 bridgehead atoms. The van der Waals surface area contributed by atoms with Crippen LogP contribution in [-0.4, -0.2) is 12.1 Å². The average molecular weight is 673 g/mol. The molecule has 52 heavy (non-hydrogen) atoms. The first kappa shape index (κ1) is 30.6. The van der Waals surface area contributed by atoms with Crippen LogP contribution < -0.4 is 21.3 Å². The van der Waals surface area contributed by atoms with Crippen LogP contribution in [0.2, 0.25) is 0 Å². The zero-order valence-corrected chi connectivity index (χ0v) is 28.8. The molecule has 0 saturated heterocycles. The largest absolute Gasteiger partial charge is 0.376 e. The summed E-state index contributed by atoms with van der Waals surface area (Å²) < 4.78 is 0. The van der Waals surface area contributed by atoms with Crippen molar-refractivity contribution in [2.75, 3.05) is 16.0 Å². The zero-order valence-electron chi connectivity index (χ0n) is 28.8. The second kappa shape index (κ2) is 12.8. The summed E-state index contributed by atoms with van der Waals surface area (Å²) in [5.41, 5.74) is 15.8. The number of fused-ring (bicyclic) bond motifs is 5. The molecule has 5 atom stereocenters. The fourth-order valence-corrected chi connectivity index (χ4v) is 8.27. The van der Waals surface area contributed by atoms with Gasteiger partial charge >= 0.3 is 0 Å². The van der Waals surface area contributed by atoms with Gasteiger partial charge in [-0.15, -0.1) is 0 Å². The molecule has 252 valence electrons. The van der Waals surface area contributed by atoms with Gasteiger partial charge in [-0.25, -0.2) is 0 Å². The molecule has 0 spiro atoms. The van der Waals surface area contributed by atoms with Crippen LogP contribution in [0.3, 0.4) is 0 Å². The molecule has 0 fully saturated rings. The van der Waals surface area contributed by atoms with E-state index >= 15 is 0 Å². The van der Waals surface area contributed by atoms with Crippen molar-refractivity contribution >= 4 is 46.6 Å². The van der Waals surface area contributed by atoms with Crippen LogP contribution in [0.1, 0.15) is 57.4 Å². The number of allylic oxidation sites excluding steroid dienone is 7. The van der Waals surface area contributed by atoms with E-state index in [9.17, 15) is 0 Å². The van der Waals surface area contributed by atoms with Crippen molar-refractivity contribution in [3.05, 3.63) is 202 Å². The van der Waals surface area contributed by atoms with Gasteiger partial charge in [-0.1, -0.05) is 164 Å². The molecule has 6 aliphatic rings. The van der Waals surface area contributed by atoms with Crippen molar-refractivity contribution in [3.63, 3.8) is 0 Å². The van der Waals surface area contributed by atoms with E-state index in [2.05, 4.69) is 197 Å². The van der Waals surface area contributed by atoms with Gasteiger partial charge in [-0.05, 0) is 68.7 Å². The van der Waals surface area contributed by atoms with E-state index < -0.39 is 0 Å². The zero-order chi connectivity index (χ0) is 34.4. The van der Waals surface area contributed by atoms with E-state index in [1.807, 2.05) is 0 Å². The number of benzene rings is 4. The lowest BCUT2D eigenvalue weighted by molar-refractivity contribution is 0.608. The number of dihydropyridines is 1. The van der Waals surface area contributed by atoms with E-state index in [1.165, 1.54) is 61.5 Å². The quantitative estimate of drug-likeness (QED) is 0.170. The third-order valence-electron chi connectivity index (χ3n) is 11.1. The maximum absolute atomic E-state index is 3.87. The molecule has 4 heteroatoms. The molecule has 4 aliphatic heterocycles. The Kier molecular flexibility index (Phi) is 7.53. The Bertz CT molecular complexity index is 2350. The van der Waals surface area contributed by atoms with Crippen LogP contribution in [0.5, 0.6) is 0 Å². The second-order valence-electron chi connectivity index (χ2n) is 14.3. The summed E-state index contributed by atoms with van der Waals surface area (Å²) in [7, 11) is 0. The molecular formula is C48H40N4. The molecule has 4 heterocycles. The number of nitrogens with one attached hydrogen (secondary N) is 4. The normalized spacial score (nSPS) is 24.4. The topological polar surface area (TPSA) is 48.1 Å². The summed E-state index contributed by atoms with van der Waals surface area (Å²) in [6, 6.07) is 31.5. The third-order valence-corrected chi connectivity index (χ3v) is 11.1. The highest BCUT2D eigenvalue weighted by Crippen LogP contribution is 2.42. The van der Waals surface area contributed by atoms with Gasteiger partial charge in [0.25, 0.3) is 0 Å². The maximum atomic E-state index is 3.87. The first-order valence-electron chi connectivity index (χ1n) is 18.5. The van der Waals surface area contributed by atoms with Gasteiger partial charge in [0.2, 0.25) is 0 Å². The van der Waals surface area contributed by atoms with Gasteiger partial charge in [-0.2, -0.15) is 0 Å². The first-order valence-corrected chi connectivity index (χ1v) is 18.5. The van der Waals surface area contributed by atoms with Crippen LogP contribution in [0.4, 0.5) is 17.1 Å². The lowest BCUT2D eigenvalue weighted by Gasteiger charge is -2.33. The minimum atomic E-state index is 0.0932. The Morgan fingerprint density at radius 1 is 0.500 bits per heavy atom. The molecule has 0 aromatic heterocycles. The molecule has 4 N–H and O–H groups in total. The molecule has 2 aliphatic carbocycles. The highest BCUT2D eigenvalue weighted by atomic mass is 15.0. The van der Waals surface area contributed by atoms with Crippen molar-refractivity contribution in [2.45, 2.75) is 30.6 Å². The van der Waals surface area contributed by atoms with E-state index in [-0.39, 0.29) is 24.2 Å². The highest BCUT2D eigenvalue weighted by Gasteiger charge is 2.27. The molecule has 0 amide bonds. The summed E-state index contributed by atoms with van der Waals surface area (Å²) in [5, 5.41) is 15.4. The van der Waals surface area contributed by atoms with Gasteiger partial charge in [0, 0.05) is 17.3 Å². The summed E-state index contributed by atoms with van der Waals surface area (Å²) >= 11 is 0. The van der Waals surface area contributed by atoms with E-state index in [0.29, 0.717) is 5.92 Å². The second-order valence-corrected chi connectivity index (χ2v) is 14.3. The highest BCUT2D eigenvalue weighted by molar-refractivity contribution is 5.90. The molecule has 4 aromatic carbocycles. The van der Waals surface area contributed by atoms with Gasteiger partial charge < -0.3 is 21.3 Å². The van der Waals surface area contributed by atoms with Crippen molar-refractivity contribution < 1.29 is 0 Å². The monoisotopic (exact) mass is 672 g/mol. The van der Waals surface area contributed by atoms with Gasteiger partial charge in [0.15, 0.2) is 0 Å². The molecule has 10 rings (SSSR count).